The Balaban J connectivity index is 2.17. The molecule has 0 aliphatic heterocycles. The van der Waals surface area contributed by atoms with Crippen LogP contribution in [0.15, 0.2) is 27.6 Å². The molecule has 1 aromatic rings. The molecule has 20 heavy (non-hydrogen) atoms. The molecular weight excluding hydrogens is 334 g/mol. The van der Waals surface area contributed by atoms with E-state index in [9.17, 15) is 4.21 Å². The highest BCUT2D eigenvalue weighted by atomic mass is 79.9. The molecule has 1 aromatic carbocycles. The number of hydrogen-bond acceptors (Lipinski definition) is 2. The van der Waals surface area contributed by atoms with Gasteiger partial charge in [0.1, 0.15) is 0 Å². The summed E-state index contributed by atoms with van der Waals surface area (Å²) in [6, 6.07) is 5.58. The smallest absolute Gasteiger partial charge is 0.0618 e. The van der Waals surface area contributed by atoms with Crippen LogP contribution in [0, 0.1) is 0 Å². The molecule has 114 valence electrons. The maximum absolute atomic E-state index is 12.2. The lowest BCUT2D eigenvalue weighted by atomic mass is 10.1. The van der Waals surface area contributed by atoms with Crippen molar-refractivity contribution in [3.63, 3.8) is 0 Å². The Morgan fingerprint density at radius 2 is 1.65 bits per heavy atom. The van der Waals surface area contributed by atoms with Gasteiger partial charge in [-0.3, -0.25) is 4.21 Å². The van der Waals surface area contributed by atoms with Gasteiger partial charge in [-0.05, 0) is 24.6 Å². The zero-order chi connectivity index (χ0) is 14.8. The summed E-state index contributed by atoms with van der Waals surface area (Å²) in [6.45, 7) is 2.24. The third-order valence-electron chi connectivity index (χ3n) is 3.40. The van der Waals surface area contributed by atoms with Gasteiger partial charge in [-0.15, -0.1) is 0 Å². The molecule has 2 N–H and O–H groups in total. The van der Waals surface area contributed by atoms with E-state index in [4.69, 9.17) is 5.73 Å². The van der Waals surface area contributed by atoms with Crippen molar-refractivity contribution in [2.24, 2.45) is 0 Å². The summed E-state index contributed by atoms with van der Waals surface area (Å²) >= 11 is 3.37. The summed E-state index contributed by atoms with van der Waals surface area (Å²) < 4.78 is 13.1. The third-order valence-corrected chi connectivity index (χ3v) is 5.42. The Bertz CT molecular complexity index is 423. The Morgan fingerprint density at radius 3 is 2.25 bits per heavy atom. The van der Waals surface area contributed by atoms with Gasteiger partial charge in [0.25, 0.3) is 0 Å². The molecule has 1 atom stereocenters. The molecule has 0 heterocycles. The first-order valence-corrected chi connectivity index (χ1v) is 9.69. The van der Waals surface area contributed by atoms with Gasteiger partial charge >= 0.3 is 0 Å². The summed E-state index contributed by atoms with van der Waals surface area (Å²) in [5.74, 6) is 0.723. The quantitative estimate of drug-likeness (QED) is 0.456. The summed E-state index contributed by atoms with van der Waals surface area (Å²) in [6.07, 6.45) is 10.1. The number of halogens is 1. The average molecular weight is 360 g/mol. The summed E-state index contributed by atoms with van der Waals surface area (Å²) in [5, 5.41) is 0. The lowest BCUT2D eigenvalue weighted by Gasteiger charge is -2.06. The van der Waals surface area contributed by atoms with Crippen LogP contribution in [0.3, 0.4) is 0 Å². The minimum absolute atomic E-state index is 0.622. The molecule has 0 aromatic heterocycles. The number of anilines is 1. The lowest BCUT2D eigenvalue weighted by molar-refractivity contribution is 0.584. The van der Waals surface area contributed by atoms with E-state index in [0.717, 1.165) is 21.5 Å². The zero-order valence-corrected chi connectivity index (χ0v) is 14.8. The fourth-order valence-corrected chi connectivity index (χ4v) is 3.81. The van der Waals surface area contributed by atoms with Crippen molar-refractivity contribution >= 4 is 32.4 Å². The van der Waals surface area contributed by atoms with Crippen LogP contribution in [0.1, 0.15) is 58.3 Å². The van der Waals surface area contributed by atoms with E-state index >= 15 is 0 Å². The molecule has 0 saturated heterocycles. The summed E-state index contributed by atoms with van der Waals surface area (Å²) in [5.41, 5.74) is 6.52. The van der Waals surface area contributed by atoms with Crippen molar-refractivity contribution in [1.82, 2.24) is 0 Å². The predicted molar refractivity (Wildman–Crippen MR) is 92.4 cm³/mol. The molecule has 0 saturated carbocycles. The molecule has 4 heteroatoms. The van der Waals surface area contributed by atoms with Gasteiger partial charge in [-0.1, -0.05) is 67.8 Å². The minimum atomic E-state index is -0.959. The van der Waals surface area contributed by atoms with Gasteiger partial charge in [-0.2, -0.15) is 0 Å². The molecule has 2 nitrogen and oxygen atoms in total. The van der Waals surface area contributed by atoms with Crippen LogP contribution in [-0.2, 0) is 10.8 Å². The number of benzene rings is 1. The van der Waals surface area contributed by atoms with Crippen LogP contribution in [0.25, 0.3) is 0 Å². The van der Waals surface area contributed by atoms with Crippen LogP contribution in [0.2, 0.25) is 0 Å². The van der Waals surface area contributed by atoms with Crippen molar-refractivity contribution in [2.75, 3.05) is 11.5 Å². The minimum Gasteiger partial charge on any atom is -0.398 e. The molecule has 0 amide bonds. The van der Waals surface area contributed by atoms with Gasteiger partial charge in [0.15, 0.2) is 0 Å². The number of nitrogens with two attached hydrogens (primary N) is 1. The molecule has 0 bridgehead atoms. The maximum Gasteiger partial charge on any atom is 0.0618 e. The van der Waals surface area contributed by atoms with Gasteiger partial charge < -0.3 is 5.73 Å². The van der Waals surface area contributed by atoms with Crippen LogP contribution in [0.5, 0.6) is 0 Å². The SMILES string of the molecule is CCCCCCCCCCS(=O)c1ccc(Br)cc1N. The molecule has 1 unspecified atom stereocenters. The average Bonchev–Trinajstić information content (AvgIpc) is 2.41. The highest BCUT2D eigenvalue weighted by Crippen LogP contribution is 2.22. The number of rotatable bonds is 10. The third kappa shape index (κ3) is 6.89. The van der Waals surface area contributed by atoms with E-state index in [1.54, 1.807) is 0 Å². The Morgan fingerprint density at radius 1 is 1.05 bits per heavy atom. The summed E-state index contributed by atoms with van der Waals surface area (Å²) in [4.78, 5) is 0.774. The number of nitrogen functional groups attached to an aromatic ring is 1. The maximum atomic E-state index is 12.2. The number of hydrogen-bond donors (Lipinski definition) is 1. The fraction of sp³-hybridized carbons (Fsp3) is 0.625. The second kappa shape index (κ2) is 10.4. The van der Waals surface area contributed by atoms with E-state index in [-0.39, 0.29) is 0 Å². The van der Waals surface area contributed by atoms with Crippen molar-refractivity contribution in [1.29, 1.82) is 0 Å². The van der Waals surface area contributed by atoms with Gasteiger partial charge in [0, 0.05) is 15.9 Å². The molecule has 0 radical (unpaired) electrons. The predicted octanol–water partition coefficient (Wildman–Crippen LogP) is 5.28. The Kier molecular flexibility index (Phi) is 9.19. The zero-order valence-electron chi connectivity index (χ0n) is 12.4. The van der Waals surface area contributed by atoms with E-state index < -0.39 is 10.8 Å². The second-order valence-corrected chi connectivity index (χ2v) is 7.66. The first-order chi connectivity index (χ1) is 9.65. The molecule has 0 aliphatic rings. The van der Waals surface area contributed by atoms with Crippen LogP contribution in [-0.4, -0.2) is 9.96 Å². The first-order valence-electron chi connectivity index (χ1n) is 7.58. The highest BCUT2D eigenvalue weighted by Gasteiger charge is 2.07. The fourth-order valence-electron chi connectivity index (χ4n) is 2.20. The van der Waals surface area contributed by atoms with E-state index in [1.165, 1.54) is 44.9 Å². The second-order valence-electron chi connectivity index (χ2n) is 5.21. The van der Waals surface area contributed by atoms with Gasteiger partial charge in [0.2, 0.25) is 0 Å². The van der Waals surface area contributed by atoms with Crippen molar-refractivity contribution in [2.45, 2.75) is 63.2 Å². The molecule has 0 aliphatic carbocycles. The van der Waals surface area contributed by atoms with Crippen molar-refractivity contribution in [3.05, 3.63) is 22.7 Å². The molecule has 0 spiro atoms. The number of unbranched alkanes of at least 4 members (excludes halogenated alkanes) is 7. The normalized spacial score (nSPS) is 12.5. The van der Waals surface area contributed by atoms with Crippen LogP contribution >= 0.6 is 15.9 Å². The van der Waals surface area contributed by atoms with Crippen LogP contribution in [0.4, 0.5) is 5.69 Å². The van der Waals surface area contributed by atoms with Gasteiger partial charge in [-0.25, -0.2) is 0 Å². The van der Waals surface area contributed by atoms with Crippen molar-refractivity contribution < 1.29 is 4.21 Å². The first kappa shape index (κ1) is 17.7. The largest absolute Gasteiger partial charge is 0.398 e. The topological polar surface area (TPSA) is 43.1 Å². The van der Waals surface area contributed by atoms with Crippen LogP contribution < -0.4 is 5.73 Å². The van der Waals surface area contributed by atoms with E-state index in [2.05, 4.69) is 22.9 Å². The molecule has 1 rings (SSSR count). The standard InChI is InChI=1S/C16H26BrNOS/c1-2-3-4-5-6-7-8-9-12-20(19)16-11-10-14(17)13-15(16)18/h10-11,13H,2-9,12,18H2,1H3. The molecular formula is C16H26BrNOS. The lowest BCUT2D eigenvalue weighted by Crippen LogP contribution is -2.02. The summed E-state index contributed by atoms with van der Waals surface area (Å²) in [7, 11) is -0.959. The highest BCUT2D eigenvalue weighted by molar-refractivity contribution is 9.10. The Hall–Kier alpha value is -0.350. The van der Waals surface area contributed by atoms with E-state index in [0.29, 0.717) is 5.69 Å². The monoisotopic (exact) mass is 359 g/mol. The van der Waals surface area contributed by atoms with Crippen molar-refractivity contribution in [3.8, 4) is 0 Å². The molecule has 0 fully saturated rings. The van der Waals surface area contributed by atoms with E-state index in [1.807, 2.05) is 18.2 Å². The van der Waals surface area contributed by atoms with Gasteiger partial charge in [0.05, 0.1) is 15.7 Å². The Labute approximate surface area is 134 Å².